The highest BCUT2D eigenvalue weighted by molar-refractivity contribution is 6.00. The molecule has 4 heterocycles. The number of likely N-dealkylation sites (tertiary alicyclic amines) is 2. The average molecular weight is 577 g/mol. The number of ether oxygens (including phenoxy) is 1. The van der Waals surface area contributed by atoms with Gasteiger partial charge >= 0.3 is 12.5 Å². The molecule has 0 N–H and O–H groups in total. The van der Waals surface area contributed by atoms with E-state index in [0.29, 0.717) is 18.8 Å². The number of amides is 2. The van der Waals surface area contributed by atoms with Gasteiger partial charge in [-0.3, -0.25) is 14.7 Å². The summed E-state index contributed by atoms with van der Waals surface area (Å²) >= 11 is 0. The Balaban J connectivity index is 1.26. The Labute approximate surface area is 232 Å². The van der Waals surface area contributed by atoms with Crippen molar-refractivity contribution in [2.24, 2.45) is 0 Å². The van der Waals surface area contributed by atoms with Gasteiger partial charge in [-0.1, -0.05) is 6.07 Å². The predicted molar refractivity (Wildman–Crippen MR) is 137 cm³/mol. The van der Waals surface area contributed by atoms with Crippen molar-refractivity contribution in [3.63, 3.8) is 0 Å². The predicted octanol–water partition coefficient (Wildman–Crippen LogP) is 4.38. The molecule has 2 aliphatic heterocycles. The Kier molecular flexibility index (Phi) is 7.45. The SMILES string of the molecule is CC(C)(C)OC(=O)N1CC(N2CC(F)(C(=O)N(Cc3ccc(-c4nnc(C(F)F)o4)cn3)c3cccc(F)c3)C2)C1. The Morgan fingerprint density at radius 3 is 2.49 bits per heavy atom. The van der Waals surface area contributed by atoms with Gasteiger partial charge in [0.25, 0.3) is 11.8 Å². The first kappa shape index (κ1) is 28.5. The van der Waals surface area contributed by atoms with E-state index in [1.165, 1.54) is 41.4 Å². The van der Waals surface area contributed by atoms with Gasteiger partial charge in [0.15, 0.2) is 0 Å². The molecular formula is C27H28F4N6O4. The Hall–Kier alpha value is -4.07. The molecular weight excluding hydrogens is 548 g/mol. The van der Waals surface area contributed by atoms with Crippen molar-refractivity contribution < 1.29 is 36.3 Å². The molecule has 0 aliphatic carbocycles. The van der Waals surface area contributed by atoms with Crippen LogP contribution in [0.3, 0.4) is 0 Å². The summed E-state index contributed by atoms with van der Waals surface area (Å²) in [6.45, 7) is 5.50. The van der Waals surface area contributed by atoms with Crippen LogP contribution in [-0.2, 0) is 16.1 Å². The number of rotatable bonds is 7. The lowest BCUT2D eigenvalue weighted by Gasteiger charge is -2.53. The van der Waals surface area contributed by atoms with Crippen molar-refractivity contribution in [2.45, 2.75) is 51.1 Å². The number of hydrogen-bond acceptors (Lipinski definition) is 8. The molecule has 0 spiro atoms. The smallest absolute Gasteiger partial charge is 0.410 e. The van der Waals surface area contributed by atoms with Crippen molar-refractivity contribution in [1.82, 2.24) is 25.0 Å². The molecule has 2 fully saturated rings. The van der Waals surface area contributed by atoms with E-state index in [4.69, 9.17) is 9.15 Å². The molecule has 2 amide bonds. The molecule has 14 heteroatoms. The number of anilines is 1. The standard InChI is InChI=1S/C27H28F4N6O4/c1-26(2,3)41-25(39)35-12-20(13-35)36-14-27(31,15-36)24(38)37(19-6-4-5-17(28)9-19)11-18-8-7-16(10-32-18)22-33-34-23(40-22)21(29)30/h4-10,20-21H,11-15H2,1-3H3. The van der Waals surface area contributed by atoms with Crippen LogP contribution in [0.4, 0.5) is 28.0 Å². The zero-order chi connectivity index (χ0) is 29.5. The summed E-state index contributed by atoms with van der Waals surface area (Å²) in [5.41, 5.74) is -2.11. The molecule has 5 rings (SSSR count). The summed E-state index contributed by atoms with van der Waals surface area (Å²) in [7, 11) is 0. The average Bonchev–Trinajstić information content (AvgIpc) is 3.35. The van der Waals surface area contributed by atoms with Gasteiger partial charge in [0, 0.05) is 44.1 Å². The molecule has 0 radical (unpaired) electrons. The normalized spacial score (nSPS) is 17.2. The highest BCUT2D eigenvalue weighted by Gasteiger charge is 2.56. The third-order valence-corrected chi connectivity index (χ3v) is 6.71. The maximum Gasteiger partial charge on any atom is 0.410 e. The van der Waals surface area contributed by atoms with E-state index >= 15 is 4.39 Å². The second-order valence-electron chi connectivity index (χ2n) is 11.1. The summed E-state index contributed by atoms with van der Waals surface area (Å²) in [6.07, 6.45) is -2.06. The summed E-state index contributed by atoms with van der Waals surface area (Å²) in [4.78, 5) is 34.4. The lowest BCUT2D eigenvalue weighted by atomic mass is 9.90. The molecule has 3 aromatic rings. The van der Waals surface area contributed by atoms with Gasteiger partial charge in [-0.25, -0.2) is 13.6 Å². The second kappa shape index (κ2) is 10.7. The first-order chi connectivity index (χ1) is 19.3. The molecule has 2 aliphatic rings. The first-order valence-corrected chi connectivity index (χ1v) is 12.9. The highest BCUT2D eigenvalue weighted by Crippen LogP contribution is 2.35. The summed E-state index contributed by atoms with van der Waals surface area (Å²) in [5, 5.41) is 6.85. The number of alkyl halides is 3. The zero-order valence-corrected chi connectivity index (χ0v) is 22.6. The number of benzene rings is 1. The maximum absolute atomic E-state index is 15.9. The second-order valence-corrected chi connectivity index (χ2v) is 11.1. The van der Waals surface area contributed by atoms with Crippen LogP contribution in [0.15, 0.2) is 47.0 Å². The van der Waals surface area contributed by atoms with Crippen molar-refractivity contribution in [1.29, 1.82) is 0 Å². The molecule has 0 atom stereocenters. The van der Waals surface area contributed by atoms with Gasteiger partial charge in [0.1, 0.15) is 11.4 Å². The number of carbonyl (C=O) groups is 2. The molecule has 41 heavy (non-hydrogen) atoms. The molecule has 1 aromatic carbocycles. The van der Waals surface area contributed by atoms with Crippen LogP contribution in [0.2, 0.25) is 0 Å². The quantitative estimate of drug-likeness (QED) is 0.382. The molecule has 2 saturated heterocycles. The number of aromatic nitrogens is 3. The van der Waals surface area contributed by atoms with Gasteiger partial charge in [0.2, 0.25) is 11.6 Å². The molecule has 0 saturated carbocycles. The van der Waals surface area contributed by atoms with Crippen molar-refractivity contribution in [2.75, 3.05) is 31.1 Å². The summed E-state index contributed by atoms with van der Waals surface area (Å²) < 4.78 is 65.8. The number of pyridine rings is 1. The van der Waals surface area contributed by atoms with E-state index < -0.39 is 41.4 Å². The highest BCUT2D eigenvalue weighted by atomic mass is 19.3. The fourth-order valence-corrected chi connectivity index (χ4v) is 4.56. The largest absolute Gasteiger partial charge is 0.444 e. The summed E-state index contributed by atoms with van der Waals surface area (Å²) in [5.74, 6) is -2.44. The third-order valence-electron chi connectivity index (χ3n) is 6.71. The maximum atomic E-state index is 15.9. The van der Waals surface area contributed by atoms with E-state index in [9.17, 15) is 22.8 Å². The zero-order valence-electron chi connectivity index (χ0n) is 22.6. The van der Waals surface area contributed by atoms with E-state index in [1.807, 2.05) is 0 Å². The lowest BCUT2D eigenvalue weighted by Crippen LogP contribution is -2.74. The van der Waals surface area contributed by atoms with Gasteiger partial charge < -0.3 is 19.0 Å². The Bertz CT molecular complexity index is 1420. The molecule has 0 bridgehead atoms. The number of carbonyl (C=O) groups excluding carboxylic acids is 2. The van der Waals surface area contributed by atoms with Crippen LogP contribution >= 0.6 is 0 Å². The van der Waals surface area contributed by atoms with Crippen LogP contribution in [0.1, 0.15) is 38.8 Å². The van der Waals surface area contributed by atoms with E-state index in [-0.39, 0.29) is 42.8 Å². The molecule has 218 valence electrons. The minimum Gasteiger partial charge on any atom is -0.444 e. The van der Waals surface area contributed by atoms with Gasteiger partial charge in [-0.2, -0.15) is 8.78 Å². The minimum absolute atomic E-state index is 0.105. The minimum atomic E-state index is -2.92. The van der Waals surface area contributed by atoms with Crippen molar-refractivity contribution >= 4 is 17.7 Å². The Morgan fingerprint density at radius 1 is 1.17 bits per heavy atom. The number of halogens is 4. The van der Waals surface area contributed by atoms with Gasteiger partial charge in [-0.15, -0.1) is 10.2 Å². The lowest BCUT2D eigenvalue weighted by molar-refractivity contribution is -0.150. The Morgan fingerprint density at radius 2 is 1.90 bits per heavy atom. The fraction of sp³-hybridized carbons (Fsp3) is 0.444. The molecule has 10 nitrogen and oxygen atoms in total. The fourth-order valence-electron chi connectivity index (χ4n) is 4.56. The van der Waals surface area contributed by atoms with E-state index in [2.05, 4.69) is 15.2 Å². The third kappa shape index (κ3) is 6.16. The van der Waals surface area contributed by atoms with Crippen molar-refractivity contribution in [3.05, 3.63) is 60.0 Å². The monoisotopic (exact) mass is 576 g/mol. The number of nitrogens with zero attached hydrogens (tertiary/aromatic N) is 6. The molecule has 0 unspecified atom stereocenters. The summed E-state index contributed by atoms with van der Waals surface area (Å²) in [6, 6.07) is 8.12. The van der Waals surface area contributed by atoms with E-state index in [1.54, 1.807) is 25.7 Å². The van der Waals surface area contributed by atoms with Crippen LogP contribution in [0.25, 0.3) is 11.5 Å². The topological polar surface area (TPSA) is 105 Å². The van der Waals surface area contributed by atoms with Gasteiger partial charge in [-0.05, 0) is 51.1 Å². The van der Waals surface area contributed by atoms with Gasteiger partial charge in [0.05, 0.1) is 17.8 Å². The first-order valence-electron chi connectivity index (χ1n) is 12.9. The molecule has 2 aromatic heterocycles. The van der Waals surface area contributed by atoms with E-state index in [0.717, 1.165) is 11.0 Å². The van der Waals surface area contributed by atoms with Crippen LogP contribution in [0, 0.1) is 5.82 Å². The number of hydrogen-bond donors (Lipinski definition) is 0. The van der Waals surface area contributed by atoms with Crippen LogP contribution < -0.4 is 4.90 Å². The van der Waals surface area contributed by atoms with Crippen LogP contribution in [0.5, 0.6) is 0 Å². The van der Waals surface area contributed by atoms with Crippen molar-refractivity contribution in [3.8, 4) is 11.5 Å². The van der Waals surface area contributed by atoms with Crippen LogP contribution in [-0.4, -0.2) is 80.5 Å².